The molecule has 6 nitrogen and oxygen atoms in total. The van der Waals surface area contributed by atoms with Crippen LogP contribution in [-0.2, 0) is 11.3 Å². The van der Waals surface area contributed by atoms with Crippen LogP contribution < -0.4 is 16.2 Å². The summed E-state index contributed by atoms with van der Waals surface area (Å²) in [6.07, 6.45) is 5.76. The molecular formula is C24H31N3O3. The van der Waals surface area contributed by atoms with Crippen molar-refractivity contribution in [1.82, 2.24) is 15.2 Å². The molecule has 30 heavy (non-hydrogen) atoms. The third kappa shape index (κ3) is 5.38. The monoisotopic (exact) mass is 409 g/mol. The fraction of sp³-hybridized carbons (Fsp3) is 0.458. The average Bonchev–Trinajstić information content (AvgIpc) is 3.22. The predicted molar refractivity (Wildman–Crippen MR) is 118 cm³/mol. The van der Waals surface area contributed by atoms with Gasteiger partial charge in [0.2, 0.25) is 5.91 Å². The molecule has 0 unspecified atom stereocenters. The van der Waals surface area contributed by atoms with Crippen LogP contribution >= 0.6 is 0 Å². The van der Waals surface area contributed by atoms with Crippen LogP contribution in [0.3, 0.4) is 0 Å². The minimum Gasteiger partial charge on any atom is -0.352 e. The van der Waals surface area contributed by atoms with Crippen molar-refractivity contribution in [3.05, 3.63) is 69.6 Å². The van der Waals surface area contributed by atoms with Crippen molar-refractivity contribution in [1.29, 1.82) is 0 Å². The molecule has 0 aliphatic heterocycles. The van der Waals surface area contributed by atoms with Crippen molar-refractivity contribution in [2.24, 2.45) is 0 Å². The van der Waals surface area contributed by atoms with Gasteiger partial charge in [-0.05, 0) is 48.9 Å². The van der Waals surface area contributed by atoms with Gasteiger partial charge in [0.1, 0.15) is 12.1 Å². The largest absolute Gasteiger partial charge is 0.352 e. The van der Waals surface area contributed by atoms with Crippen molar-refractivity contribution in [3.63, 3.8) is 0 Å². The fourth-order valence-electron chi connectivity index (χ4n) is 3.86. The third-order valence-corrected chi connectivity index (χ3v) is 5.75. The molecule has 1 heterocycles. The molecule has 0 saturated heterocycles. The van der Waals surface area contributed by atoms with Crippen molar-refractivity contribution >= 4 is 11.8 Å². The maximum absolute atomic E-state index is 12.7. The number of nitrogens with zero attached hydrogens (tertiary/aromatic N) is 1. The minimum absolute atomic E-state index is 0.0387. The Hall–Kier alpha value is -2.89. The first-order chi connectivity index (χ1) is 14.3. The topological polar surface area (TPSA) is 80.2 Å². The molecule has 0 spiro atoms. The van der Waals surface area contributed by atoms with E-state index in [1.165, 1.54) is 16.2 Å². The van der Waals surface area contributed by atoms with Gasteiger partial charge in [-0.15, -0.1) is 0 Å². The Labute approximate surface area is 177 Å². The zero-order valence-corrected chi connectivity index (χ0v) is 18.0. The van der Waals surface area contributed by atoms with Gasteiger partial charge < -0.3 is 15.2 Å². The molecule has 1 aliphatic rings. The van der Waals surface area contributed by atoms with E-state index < -0.39 is 11.5 Å². The standard InChI is InChI=1S/C24H31N3O3/c1-16(2)18-10-12-19(13-11-18)17(3)25-23(29)21-9-6-14-27(24(21)30)15-22(28)26-20-7-4-5-8-20/h6,9-14,16-17,20H,4-5,7-8,15H2,1-3H3,(H,25,29)(H,26,28)/t17-/m1/s1. The number of amides is 2. The Bertz CT molecular complexity index is 941. The van der Waals surface area contributed by atoms with Crippen LogP contribution in [0, 0.1) is 0 Å². The first kappa shape index (κ1) is 21.8. The molecule has 1 fully saturated rings. The lowest BCUT2D eigenvalue weighted by atomic mass is 9.99. The maximum atomic E-state index is 12.7. The van der Waals surface area contributed by atoms with E-state index >= 15 is 0 Å². The number of carbonyl (C=O) groups is 2. The van der Waals surface area contributed by atoms with Gasteiger partial charge in [0.25, 0.3) is 11.5 Å². The van der Waals surface area contributed by atoms with Gasteiger partial charge in [0.15, 0.2) is 0 Å². The van der Waals surface area contributed by atoms with Gasteiger partial charge in [-0.2, -0.15) is 0 Å². The number of benzene rings is 1. The van der Waals surface area contributed by atoms with Crippen LogP contribution in [0.5, 0.6) is 0 Å². The van der Waals surface area contributed by atoms with Crippen LogP contribution in [0.15, 0.2) is 47.4 Å². The molecule has 2 amide bonds. The van der Waals surface area contributed by atoms with E-state index in [9.17, 15) is 14.4 Å². The summed E-state index contributed by atoms with van der Waals surface area (Å²) in [5.41, 5.74) is 1.79. The van der Waals surface area contributed by atoms with Gasteiger partial charge in [0.05, 0.1) is 6.04 Å². The molecule has 0 radical (unpaired) electrons. The second-order valence-corrected chi connectivity index (χ2v) is 8.42. The minimum atomic E-state index is -0.459. The van der Waals surface area contributed by atoms with Crippen molar-refractivity contribution in [2.75, 3.05) is 0 Å². The quantitative estimate of drug-likeness (QED) is 0.734. The van der Waals surface area contributed by atoms with E-state index in [1.807, 2.05) is 19.1 Å². The summed E-state index contributed by atoms with van der Waals surface area (Å²) < 4.78 is 1.29. The summed E-state index contributed by atoms with van der Waals surface area (Å²) in [5.74, 6) is -0.191. The van der Waals surface area contributed by atoms with Gasteiger partial charge in [-0.1, -0.05) is 51.0 Å². The zero-order chi connectivity index (χ0) is 21.7. The van der Waals surface area contributed by atoms with Gasteiger partial charge >= 0.3 is 0 Å². The summed E-state index contributed by atoms with van der Waals surface area (Å²) in [5, 5.41) is 5.86. The van der Waals surface area contributed by atoms with Gasteiger partial charge in [-0.25, -0.2) is 0 Å². The summed E-state index contributed by atoms with van der Waals surface area (Å²) in [7, 11) is 0. The SMILES string of the molecule is CC(C)c1ccc([C@@H](C)NC(=O)c2cccn(CC(=O)NC3CCCC3)c2=O)cc1. The Morgan fingerprint density at radius 1 is 1.03 bits per heavy atom. The summed E-state index contributed by atoms with van der Waals surface area (Å²) in [4.78, 5) is 37.7. The van der Waals surface area contributed by atoms with Crippen molar-refractivity contribution in [3.8, 4) is 0 Å². The number of hydrogen-bond acceptors (Lipinski definition) is 3. The summed E-state index contributed by atoms with van der Waals surface area (Å²) >= 11 is 0. The van der Waals surface area contributed by atoms with E-state index in [0.29, 0.717) is 5.92 Å². The van der Waals surface area contributed by atoms with E-state index in [4.69, 9.17) is 0 Å². The second kappa shape index (κ2) is 9.74. The normalized spacial score (nSPS) is 15.2. The lowest BCUT2D eigenvalue weighted by Gasteiger charge is -2.16. The highest BCUT2D eigenvalue weighted by Gasteiger charge is 2.19. The van der Waals surface area contributed by atoms with Crippen LogP contribution in [0.2, 0.25) is 0 Å². The molecule has 160 valence electrons. The molecule has 1 saturated carbocycles. The van der Waals surface area contributed by atoms with E-state index in [1.54, 1.807) is 12.3 Å². The summed E-state index contributed by atoms with van der Waals surface area (Å²) in [6, 6.07) is 11.2. The number of rotatable bonds is 7. The first-order valence-electron chi connectivity index (χ1n) is 10.7. The first-order valence-corrected chi connectivity index (χ1v) is 10.7. The Kier molecular flexibility index (Phi) is 7.08. The summed E-state index contributed by atoms with van der Waals surface area (Å²) in [6.45, 7) is 6.07. The highest BCUT2D eigenvalue weighted by atomic mass is 16.2. The lowest BCUT2D eigenvalue weighted by molar-refractivity contribution is -0.122. The highest BCUT2D eigenvalue weighted by molar-refractivity contribution is 5.94. The van der Waals surface area contributed by atoms with Crippen molar-refractivity contribution < 1.29 is 9.59 Å². The third-order valence-electron chi connectivity index (χ3n) is 5.75. The molecule has 2 N–H and O–H groups in total. The van der Waals surface area contributed by atoms with Crippen LogP contribution in [0.4, 0.5) is 0 Å². The Balaban J connectivity index is 1.66. The maximum Gasteiger partial charge on any atom is 0.263 e. The van der Waals surface area contributed by atoms with Gasteiger partial charge in [0, 0.05) is 12.2 Å². The van der Waals surface area contributed by atoms with Crippen LogP contribution in [0.25, 0.3) is 0 Å². The molecule has 1 aromatic carbocycles. The molecule has 1 aliphatic carbocycles. The molecule has 0 bridgehead atoms. The zero-order valence-electron chi connectivity index (χ0n) is 18.0. The smallest absolute Gasteiger partial charge is 0.263 e. The lowest BCUT2D eigenvalue weighted by Crippen LogP contribution is -2.39. The van der Waals surface area contributed by atoms with E-state index in [2.05, 4.69) is 36.6 Å². The number of pyridine rings is 1. The molecule has 1 atom stereocenters. The number of nitrogens with one attached hydrogen (secondary N) is 2. The average molecular weight is 410 g/mol. The predicted octanol–water partition coefficient (Wildman–Crippen LogP) is 3.52. The Morgan fingerprint density at radius 3 is 2.30 bits per heavy atom. The second-order valence-electron chi connectivity index (χ2n) is 8.42. The number of hydrogen-bond donors (Lipinski definition) is 2. The van der Waals surface area contributed by atoms with E-state index in [0.717, 1.165) is 31.2 Å². The molecule has 1 aromatic heterocycles. The number of carbonyl (C=O) groups excluding carboxylic acids is 2. The highest BCUT2D eigenvalue weighted by Crippen LogP contribution is 2.19. The number of aromatic nitrogens is 1. The van der Waals surface area contributed by atoms with Crippen LogP contribution in [0.1, 0.15) is 79.9 Å². The molecule has 6 heteroatoms. The fourth-order valence-corrected chi connectivity index (χ4v) is 3.86. The van der Waals surface area contributed by atoms with E-state index in [-0.39, 0.29) is 30.1 Å². The molecule has 2 aromatic rings. The van der Waals surface area contributed by atoms with Gasteiger partial charge in [-0.3, -0.25) is 14.4 Å². The van der Waals surface area contributed by atoms with Crippen LogP contribution in [-0.4, -0.2) is 22.4 Å². The molecule has 3 rings (SSSR count). The van der Waals surface area contributed by atoms with Crippen molar-refractivity contribution in [2.45, 2.75) is 71.0 Å². The molecular weight excluding hydrogens is 378 g/mol. The Morgan fingerprint density at radius 2 is 1.67 bits per heavy atom.